The van der Waals surface area contributed by atoms with Crippen LogP contribution in [0.15, 0.2) is 59.5 Å². The van der Waals surface area contributed by atoms with Crippen molar-refractivity contribution in [1.29, 1.82) is 0 Å². The van der Waals surface area contributed by atoms with Gasteiger partial charge in [0.05, 0.1) is 16.9 Å². The lowest BCUT2D eigenvalue weighted by Crippen LogP contribution is -2.49. The molecule has 0 spiro atoms. The van der Waals surface area contributed by atoms with Crippen molar-refractivity contribution >= 4 is 16.0 Å². The predicted molar refractivity (Wildman–Crippen MR) is 80.4 cm³/mol. The Morgan fingerprint density at radius 3 is 2.23 bits per heavy atom. The van der Waals surface area contributed by atoms with Crippen LogP contribution < -0.4 is 9.83 Å². The highest BCUT2D eigenvalue weighted by Crippen LogP contribution is 2.12. The Hall–Kier alpha value is -2.18. The van der Waals surface area contributed by atoms with Gasteiger partial charge in [0.1, 0.15) is 0 Å². The Labute approximate surface area is 129 Å². The van der Waals surface area contributed by atoms with Gasteiger partial charge in [0, 0.05) is 0 Å². The van der Waals surface area contributed by atoms with Crippen LogP contribution in [0.4, 0.5) is 0 Å². The van der Waals surface area contributed by atoms with Crippen LogP contribution in [-0.4, -0.2) is 20.4 Å². The fourth-order valence-electron chi connectivity index (χ4n) is 2.00. The number of sulfonamides is 1. The second-order valence-corrected chi connectivity index (χ2v) is 6.71. The number of benzene rings is 2. The summed E-state index contributed by atoms with van der Waals surface area (Å²) in [6.45, 7) is 1.84. The molecule has 0 aliphatic rings. The van der Waals surface area contributed by atoms with E-state index >= 15 is 0 Å². The SMILES string of the molecule is Cc1ccc(S(=O)(=O)N[C@H](Cc2ccccc2)C(=O)[O-])cc1. The number of carbonyl (C=O) groups excluding carboxylic acids is 1. The van der Waals surface area contributed by atoms with Crippen LogP contribution in [-0.2, 0) is 21.2 Å². The zero-order valence-corrected chi connectivity index (χ0v) is 12.8. The van der Waals surface area contributed by atoms with Crippen LogP contribution in [0.1, 0.15) is 11.1 Å². The zero-order valence-electron chi connectivity index (χ0n) is 12.0. The van der Waals surface area contributed by atoms with Crippen molar-refractivity contribution in [3.05, 3.63) is 65.7 Å². The minimum absolute atomic E-state index is 0.0221. The summed E-state index contributed by atoms with van der Waals surface area (Å²) in [4.78, 5) is 11.3. The maximum Gasteiger partial charge on any atom is 0.241 e. The Morgan fingerprint density at radius 1 is 1.09 bits per heavy atom. The third-order valence-corrected chi connectivity index (χ3v) is 4.68. The van der Waals surface area contributed by atoms with Gasteiger partial charge in [-0.25, -0.2) is 13.1 Å². The standard InChI is InChI=1S/C16H17NO4S/c1-12-7-9-14(10-8-12)22(20,21)17-15(16(18)19)11-13-5-3-2-4-6-13/h2-10,15,17H,11H2,1H3,(H,18,19)/p-1/t15-/m1/s1. The van der Waals surface area contributed by atoms with Gasteiger partial charge in [-0.15, -0.1) is 0 Å². The molecular weight excluding hydrogens is 302 g/mol. The van der Waals surface area contributed by atoms with Crippen LogP contribution in [0.5, 0.6) is 0 Å². The third-order valence-electron chi connectivity index (χ3n) is 3.20. The van der Waals surface area contributed by atoms with Crippen molar-refractivity contribution in [2.75, 3.05) is 0 Å². The molecule has 1 atom stereocenters. The molecule has 2 rings (SSSR count). The van der Waals surface area contributed by atoms with E-state index in [-0.39, 0.29) is 11.3 Å². The molecule has 2 aromatic carbocycles. The summed E-state index contributed by atoms with van der Waals surface area (Å²) < 4.78 is 26.7. The first kappa shape index (κ1) is 16.2. The highest BCUT2D eigenvalue weighted by atomic mass is 32.2. The first-order valence-corrected chi connectivity index (χ1v) is 8.20. The van der Waals surface area contributed by atoms with E-state index in [1.54, 1.807) is 42.5 Å². The van der Waals surface area contributed by atoms with E-state index in [0.717, 1.165) is 5.56 Å². The Kier molecular flexibility index (Phi) is 4.95. The monoisotopic (exact) mass is 318 g/mol. The molecule has 5 nitrogen and oxygen atoms in total. The van der Waals surface area contributed by atoms with Crippen LogP contribution in [0.3, 0.4) is 0 Å². The van der Waals surface area contributed by atoms with Gasteiger partial charge < -0.3 is 9.90 Å². The minimum atomic E-state index is -3.91. The summed E-state index contributed by atoms with van der Waals surface area (Å²) in [5.74, 6) is -1.46. The molecule has 0 radical (unpaired) electrons. The number of hydrogen-bond donors (Lipinski definition) is 1. The van der Waals surface area contributed by atoms with Gasteiger partial charge in [0.25, 0.3) is 0 Å². The van der Waals surface area contributed by atoms with Gasteiger partial charge in [0.2, 0.25) is 10.0 Å². The largest absolute Gasteiger partial charge is 0.548 e. The third kappa shape index (κ3) is 4.16. The van der Waals surface area contributed by atoms with E-state index in [4.69, 9.17) is 0 Å². The Balaban J connectivity index is 2.20. The van der Waals surface area contributed by atoms with Crippen molar-refractivity contribution < 1.29 is 18.3 Å². The lowest BCUT2D eigenvalue weighted by atomic mass is 10.1. The van der Waals surface area contributed by atoms with Gasteiger partial charge >= 0.3 is 0 Å². The van der Waals surface area contributed by atoms with E-state index in [1.807, 2.05) is 6.92 Å². The number of rotatable bonds is 6. The lowest BCUT2D eigenvalue weighted by Gasteiger charge is -2.20. The van der Waals surface area contributed by atoms with E-state index in [2.05, 4.69) is 4.72 Å². The summed E-state index contributed by atoms with van der Waals surface area (Å²) in [7, 11) is -3.91. The first-order chi connectivity index (χ1) is 10.4. The molecular formula is C16H16NO4S-. The van der Waals surface area contributed by atoms with E-state index in [9.17, 15) is 18.3 Å². The second-order valence-electron chi connectivity index (χ2n) is 5.00. The van der Waals surface area contributed by atoms with Gasteiger partial charge in [-0.1, -0.05) is 48.0 Å². The van der Waals surface area contributed by atoms with Crippen LogP contribution >= 0.6 is 0 Å². The summed E-state index contributed by atoms with van der Waals surface area (Å²) in [5, 5.41) is 11.2. The number of hydrogen-bond acceptors (Lipinski definition) is 4. The fraction of sp³-hybridized carbons (Fsp3) is 0.188. The molecule has 0 aliphatic carbocycles. The molecule has 0 aliphatic heterocycles. The van der Waals surface area contributed by atoms with Gasteiger partial charge in [-0.2, -0.15) is 0 Å². The smallest absolute Gasteiger partial charge is 0.241 e. The maximum atomic E-state index is 12.2. The highest BCUT2D eigenvalue weighted by Gasteiger charge is 2.21. The van der Waals surface area contributed by atoms with E-state index in [1.165, 1.54) is 12.1 Å². The van der Waals surface area contributed by atoms with E-state index in [0.29, 0.717) is 5.56 Å². The molecule has 0 amide bonds. The molecule has 116 valence electrons. The summed E-state index contributed by atoms with van der Waals surface area (Å²) in [6.07, 6.45) is 0.0221. The average Bonchev–Trinajstić information content (AvgIpc) is 2.48. The molecule has 0 saturated carbocycles. The normalized spacial score (nSPS) is 12.8. The Morgan fingerprint density at radius 2 is 1.68 bits per heavy atom. The summed E-state index contributed by atoms with van der Waals surface area (Å²) >= 11 is 0. The number of aliphatic carboxylic acids is 1. The van der Waals surface area contributed by atoms with Crippen LogP contribution in [0.2, 0.25) is 0 Å². The predicted octanol–water partition coefficient (Wildman–Crippen LogP) is 0.635. The van der Waals surface area contributed by atoms with Crippen LogP contribution in [0, 0.1) is 6.92 Å². The number of carboxylic acid groups (broad SMARTS) is 1. The zero-order chi connectivity index (χ0) is 16.2. The van der Waals surface area contributed by atoms with Gasteiger partial charge in [0.15, 0.2) is 0 Å². The topological polar surface area (TPSA) is 86.3 Å². The minimum Gasteiger partial charge on any atom is -0.548 e. The molecule has 2 aromatic rings. The van der Waals surface area contributed by atoms with Crippen molar-refractivity contribution in [3.63, 3.8) is 0 Å². The quantitative estimate of drug-likeness (QED) is 0.846. The van der Waals surface area contributed by atoms with Crippen LogP contribution in [0.25, 0.3) is 0 Å². The number of carbonyl (C=O) groups is 1. The lowest BCUT2D eigenvalue weighted by molar-refractivity contribution is -0.307. The highest BCUT2D eigenvalue weighted by molar-refractivity contribution is 7.89. The van der Waals surface area contributed by atoms with Crippen molar-refractivity contribution in [1.82, 2.24) is 4.72 Å². The number of nitrogens with one attached hydrogen (secondary N) is 1. The molecule has 0 heterocycles. The second kappa shape index (κ2) is 6.72. The maximum absolute atomic E-state index is 12.2. The van der Waals surface area contributed by atoms with Crippen molar-refractivity contribution in [2.45, 2.75) is 24.3 Å². The molecule has 0 fully saturated rings. The summed E-state index contributed by atoms with van der Waals surface area (Å²) in [6, 6.07) is 13.6. The molecule has 6 heteroatoms. The molecule has 0 aromatic heterocycles. The van der Waals surface area contributed by atoms with Crippen molar-refractivity contribution in [2.24, 2.45) is 0 Å². The Bertz CT molecular complexity index is 739. The molecule has 1 N–H and O–H groups in total. The number of aryl methyl sites for hydroxylation is 1. The molecule has 22 heavy (non-hydrogen) atoms. The first-order valence-electron chi connectivity index (χ1n) is 6.72. The molecule has 0 unspecified atom stereocenters. The van der Waals surface area contributed by atoms with E-state index < -0.39 is 22.0 Å². The average molecular weight is 318 g/mol. The fourth-order valence-corrected chi connectivity index (χ4v) is 3.18. The van der Waals surface area contributed by atoms with Crippen molar-refractivity contribution in [3.8, 4) is 0 Å². The van der Waals surface area contributed by atoms with Gasteiger partial charge in [-0.3, -0.25) is 0 Å². The van der Waals surface area contributed by atoms with Gasteiger partial charge in [-0.05, 0) is 31.0 Å². The number of carboxylic acids is 1. The molecule has 0 saturated heterocycles. The summed E-state index contributed by atoms with van der Waals surface area (Å²) in [5.41, 5.74) is 1.63. The molecule has 0 bridgehead atoms.